The van der Waals surface area contributed by atoms with Crippen molar-refractivity contribution in [1.82, 2.24) is 4.98 Å². The number of aromatic nitrogens is 1. The molecule has 0 aliphatic carbocycles. The van der Waals surface area contributed by atoms with E-state index in [0.29, 0.717) is 0 Å². The fourth-order valence-electron chi connectivity index (χ4n) is 1.53. The highest BCUT2D eigenvalue weighted by atomic mass is 32.2. The standard InChI is InChI=1S/C12H14N2S2/c1-3-15-12-14-10(11(13)16-12)9-7-5-4-6-8(9)2/h4-7H,3,13H2,1-2H3. The summed E-state index contributed by atoms with van der Waals surface area (Å²) in [5.74, 6) is 1.03. The van der Waals surface area contributed by atoms with Crippen molar-refractivity contribution in [2.75, 3.05) is 11.5 Å². The van der Waals surface area contributed by atoms with Gasteiger partial charge in [0.05, 0.1) is 0 Å². The number of nitrogens with two attached hydrogens (primary N) is 1. The monoisotopic (exact) mass is 250 g/mol. The van der Waals surface area contributed by atoms with Gasteiger partial charge in [0.15, 0.2) is 4.34 Å². The molecule has 0 bridgehead atoms. The molecular weight excluding hydrogens is 236 g/mol. The molecule has 1 aromatic heterocycles. The smallest absolute Gasteiger partial charge is 0.152 e. The molecule has 84 valence electrons. The summed E-state index contributed by atoms with van der Waals surface area (Å²) in [6.07, 6.45) is 0. The van der Waals surface area contributed by atoms with Crippen molar-refractivity contribution >= 4 is 28.1 Å². The number of nitrogen functional groups attached to an aromatic ring is 1. The lowest BCUT2D eigenvalue weighted by Crippen LogP contribution is -1.88. The van der Waals surface area contributed by atoms with Crippen molar-refractivity contribution in [3.8, 4) is 11.3 Å². The Labute approximate surface area is 104 Å². The van der Waals surface area contributed by atoms with Gasteiger partial charge in [-0.2, -0.15) is 0 Å². The number of benzene rings is 1. The second-order valence-electron chi connectivity index (χ2n) is 3.44. The number of anilines is 1. The molecule has 1 aromatic carbocycles. The highest BCUT2D eigenvalue weighted by Crippen LogP contribution is 2.36. The van der Waals surface area contributed by atoms with E-state index in [0.717, 1.165) is 26.4 Å². The predicted octanol–water partition coefficient (Wildman–Crippen LogP) is 3.81. The SMILES string of the molecule is CCSc1nc(-c2ccccc2C)c(N)s1. The van der Waals surface area contributed by atoms with Gasteiger partial charge >= 0.3 is 0 Å². The fourth-order valence-corrected chi connectivity index (χ4v) is 3.37. The molecular formula is C12H14N2S2. The summed E-state index contributed by atoms with van der Waals surface area (Å²) >= 11 is 3.31. The summed E-state index contributed by atoms with van der Waals surface area (Å²) in [4.78, 5) is 4.59. The van der Waals surface area contributed by atoms with Crippen molar-refractivity contribution in [2.24, 2.45) is 0 Å². The molecule has 2 nitrogen and oxygen atoms in total. The molecule has 1 heterocycles. The molecule has 0 unspecified atom stereocenters. The summed E-state index contributed by atoms with van der Waals surface area (Å²) in [6, 6.07) is 8.21. The Kier molecular flexibility index (Phi) is 3.51. The first-order valence-corrected chi connectivity index (χ1v) is 6.97. The Morgan fingerprint density at radius 1 is 1.38 bits per heavy atom. The lowest BCUT2D eigenvalue weighted by Gasteiger charge is -2.02. The van der Waals surface area contributed by atoms with Gasteiger partial charge in [0.1, 0.15) is 10.7 Å². The first-order chi connectivity index (χ1) is 7.72. The highest BCUT2D eigenvalue weighted by molar-refractivity contribution is 8.01. The van der Waals surface area contributed by atoms with Gasteiger partial charge in [0.2, 0.25) is 0 Å². The third-order valence-corrected chi connectivity index (χ3v) is 4.21. The number of nitrogens with zero attached hydrogens (tertiary/aromatic N) is 1. The number of hydrogen-bond acceptors (Lipinski definition) is 4. The van der Waals surface area contributed by atoms with Gasteiger partial charge in [-0.25, -0.2) is 4.98 Å². The first-order valence-electron chi connectivity index (χ1n) is 5.17. The van der Waals surface area contributed by atoms with E-state index in [1.165, 1.54) is 5.56 Å². The average Bonchev–Trinajstić information content (AvgIpc) is 2.61. The number of thioether (sulfide) groups is 1. The minimum atomic E-state index is 0.810. The van der Waals surface area contributed by atoms with Gasteiger partial charge in [-0.1, -0.05) is 54.3 Å². The lowest BCUT2D eigenvalue weighted by molar-refractivity contribution is 1.24. The molecule has 0 atom stereocenters. The Morgan fingerprint density at radius 3 is 2.81 bits per heavy atom. The average molecular weight is 250 g/mol. The van der Waals surface area contributed by atoms with Crippen LogP contribution in [-0.4, -0.2) is 10.7 Å². The molecule has 2 aromatic rings. The molecule has 2 N–H and O–H groups in total. The van der Waals surface area contributed by atoms with Crippen LogP contribution < -0.4 is 5.73 Å². The lowest BCUT2D eigenvalue weighted by atomic mass is 10.1. The van der Waals surface area contributed by atoms with Crippen molar-refractivity contribution in [2.45, 2.75) is 18.2 Å². The normalized spacial score (nSPS) is 10.6. The third-order valence-electron chi connectivity index (χ3n) is 2.30. The highest BCUT2D eigenvalue weighted by Gasteiger charge is 2.11. The largest absolute Gasteiger partial charge is 0.389 e. The minimum absolute atomic E-state index is 0.810. The summed E-state index contributed by atoms with van der Waals surface area (Å²) in [7, 11) is 0. The second-order valence-corrected chi connectivity index (χ2v) is 5.98. The Morgan fingerprint density at radius 2 is 2.12 bits per heavy atom. The third kappa shape index (κ3) is 2.23. The molecule has 0 aliphatic heterocycles. The summed E-state index contributed by atoms with van der Waals surface area (Å²) in [6.45, 7) is 4.20. The zero-order valence-electron chi connectivity index (χ0n) is 9.36. The van der Waals surface area contributed by atoms with Crippen LogP contribution in [0.4, 0.5) is 5.00 Å². The van der Waals surface area contributed by atoms with Crippen LogP contribution in [0.5, 0.6) is 0 Å². The van der Waals surface area contributed by atoms with E-state index in [-0.39, 0.29) is 0 Å². The zero-order valence-corrected chi connectivity index (χ0v) is 11.0. The van der Waals surface area contributed by atoms with Crippen molar-refractivity contribution in [3.05, 3.63) is 29.8 Å². The number of rotatable bonds is 3. The maximum absolute atomic E-state index is 6.02. The summed E-state index contributed by atoms with van der Waals surface area (Å²) in [5.41, 5.74) is 9.30. The van der Waals surface area contributed by atoms with E-state index in [9.17, 15) is 0 Å². The van der Waals surface area contributed by atoms with Gasteiger partial charge in [-0.3, -0.25) is 0 Å². The van der Waals surface area contributed by atoms with Crippen molar-refractivity contribution in [3.63, 3.8) is 0 Å². The quantitative estimate of drug-likeness (QED) is 0.842. The molecule has 2 rings (SSSR count). The molecule has 0 aliphatic rings. The van der Waals surface area contributed by atoms with Crippen LogP contribution in [0.25, 0.3) is 11.3 Å². The van der Waals surface area contributed by atoms with Gasteiger partial charge in [0.25, 0.3) is 0 Å². The van der Waals surface area contributed by atoms with E-state index in [1.54, 1.807) is 23.1 Å². The molecule has 0 amide bonds. The molecule has 16 heavy (non-hydrogen) atoms. The number of thiazole rings is 1. The Hall–Kier alpha value is -1.00. The minimum Gasteiger partial charge on any atom is -0.389 e. The van der Waals surface area contributed by atoms with E-state index in [2.05, 4.69) is 31.0 Å². The zero-order chi connectivity index (χ0) is 11.5. The number of aryl methyl sites for hydroxylation is 1. The predicted molar refractivity (Wildman–Crippen MR) is 73.1 cm³/mol. The van der Waals surface area contributed by atoms with Gasteiger partial charge in [0, 0.05) is 5.56 Å². The van der Waals surface area contributed by atoms with E-state index < -0.39 is 0 Å². The van der Waals surface area contributed by atoms with Crippen LogP contribution in [0.1, 0.15) is 12.5 Å². The summed E-state index contributed by atoms with van der Waals surface area (Å²) < 4.78 is 1.05. The van der Waals surface area contributed by atoms with Crippen LogP contribution in [0.3, 0.4) is 0 Å². The Bertz CT molecular complexity index is 492. The topological polar surface area (TPSA) is 38.9 Å². The van der Waals surface area contributed by atoms with E-state index in [1.807, 2.05) is 12.1 Å². The molecule has 0 saturated carbocycles. The van der Waals surface area contributed by atoms with Gasteiger partial charge < -0.3 is 5.73 Å². The molecule has 4 heteroatoms. The van der Waals surface area contributed by atoms with Crippen LogP contribution in [0, 0.1) is 6.92 Å². The number of hydrogen-bond donors (Lipinski definition) is 1. The molecule has 0 saturated heterocycles. The first kappa shape index (κ1) is 11.5. The van der Waals surface area contributed by atoms with Crippen molar-refractivity contribution in [1.29, 1.82) is 0 Å². The van der Waals surface area contributed by atoms with Crippen molar-refractivity contribution < 1.29 is 0 Å². The van der Waals surface area contributed by atoms with Gasteiger partial charge in [-0.15, -0.1) is 0 Å². The van der Waals surface area contributed by atoms with Crippen LogP contribution in [-0.2, 0) is 0 Å². The summed E-state index contributed by atoms with van der Waals surface area (Å²) in [5, 5.41) is 0.810. The van der Waals surface area contributed by atoms with Gasteiger partial charge in [-0.05, 0) is 18.2 Å². The maximum atomic E-state index is 6.02. The van der Waals surface area contributed by atoms with Crippen LogP contribution in [0.15, 0.2) is 28.6 Å². The van der Waals surface area contributed by atoms with Crippen LogP contribution >= 0.6 is 23.1 Å². The Balaban J connectivity index is 2.44. The fraction of sp³-hybridized carbons (Fsp3) is 0.250. The van der Waals surface area contributed by atoms with Crippen LogP contribution in [0.2, 0.25) is 0 Å². The second kappa shape index (κ2) is 4.89. The molecule has 0 radical (unpaired) electrons. The molecule has 0 fully saturated rings. The molecule has 0 spiro atoms. The maximum Gasteiger partial charge on any atom is 0.152 e. The van der Waals surface area contributed by atoms with E-state index >= 15 is 0 Å². The van der Waals surface area contributed by atoms with E-state index in [4.69, 9.17) is 5.73 Å².